The summed E-state index contributed by atoms with van der Waals surface area (Å²) in [4.78, 5) is 59.8. The van der Waals surface area contributed by atoms with Gasteiger partial charge in [0.25, 0.3) is 0 Å². The van der Waals surface area contributed by atoms with E-state index in [-0.39, 0.29) is 59.7 Å². The number of ether oxygens (including phenoxy) is 8. The summed E-state index contributed by atoms with van der Waals surface area (Å²) in [6.45, 7) is 14.2. The molecule has 5 N–H and O–H groups in total. The molecule has 18 atom stereocenters. The molecule has 3 aliphatic carbocycles. The number of allylic oxidation sites excluding steroid dienone is 3. The average Bonchev–Trinajstić information content (AvgIpc) is 3.84. The molecule has 0 aromatic heterocycles. The van der Waals surface area contributed by atoms with Crippen molar-refractivity contribution in [1.29, 1.82) is 0 Å². The van der Waals surface area contributed by atoms with E-state index in [9.17, 15) is 49.5 Å². The number of aliphatic hydroxyl groups excluding tert-OH is 5. The molecule has 18 heteroatoms. The molecule has 3 spiro atoms. The first kappa shape index (κ1) is 51.2. The second-order valence-electron chi connectivity index (χ2n) is 20.7. The van der Waals surface area contributed by atoms with Crippen molar-refractivity contribution in [2.45, 2.75) is 166 Å². The molecule has 4 fully saturated rings. The molecule has 69 heavy (non-hydrogen) atoms. The lowest BCUT2D eigenvalue weighted by molar-refractivity contribution is -0.332. The Kier molecular flexibility index (Phi) is 14.4. The fourth-order valence-electron chi connectivity index (χ4n) is 11.6. The van der Waals surface area contributed by atoms with Gasteiger partial charge in [-0.3, -0.25) is 9.59 Å². The lowest BCUT2D eigenvalue weighted by Crippen LogP contribution is -2.61. The Morgan fingerprint density at radius 2 is 1.04 bits per heavy atom. The van der Waals surface area contributed by atoms with Gasteiger partial charge in [0.15, 0.2) is 17.9 Å². The Balaban J connectivity index is 0.000000145. The van der Waals surface area contributed by atoms with E-state index >= 15 is 0 Å². The summed E-state index contributed by atoms with van der Waals surface area (Å²) >= 11 is 0. The Hall–Kier alpha value is -4.21. The summed E-state index contributed by atoms with van der Waals surface area (Å²) < 4.78 is 46.0. The van der Waals surface area contributed by atoms with Gasteiger partial charge in [-0.25, -0.2) is 14.4 Å². The van der Waals surface area contributed by atoms with Crippen LogP contribution in [0.4, 0.5) is 0 Å². The Morgan fingerprint density at radius 3 is 1.52 bits per heavy atom. The molecule has 0 amide bonds. The minimum absolute atomic E-state index is 0.0242. The summed E-state index contributed by atoms with van der Waals surface area (Å²) in [6.07, 6.45) is 5.97. The van der Waals surface area contributed by atoms with E-state index in [1.807, 2.05) is 26.8 Å². The second-order valence-corrected chi connectivity index (χ2v) is 20.7. The first-order valence-corrected chi connectivity index (χ1v) is 24.0. The fraction of sp³-hybridized carbons (Fsp3) is 0.667. The summed E-state index contributed by atoms with van der Waals surface area (Å²) in [7, 11) is 0. The molecule has 378 valence electrons. The van der Waals surface area contributed by atoms with Crippen LogP contribution in [0, 0.1) is 35.5 Å². The van der Waals surface area contributed by atoms with Gasteiger partial charge in [-0.15, -0.1) is 0 Å². The molecule has 0 radical (unpaired) electrons. The molecular formula is C51H66O18. The number of hydrogen-bond donors (Lipinski definition) is 5. The van der Waals surface area contributed by atoms with Crippen LogP contribution in [-0.2, 0) is 61.9 Å². The first-order chi connectivity index (χ1) is 32.5. The highest BCUT2D eigenvalue weighted by Gasteiger charge is 2.57. The van der Waals surface area contributed by atoms with E-state index in [0.717, 1.165) is 24.0 Å². The van der Waals surface area contributed by atoms with E-state index in [0.29, 0.717) is 48.0 Å². The van der Waals surface area contributed by atoms with Gasteiger partial charge in [-0.1, -0.05) is 39.0 Å². The topological polar surface area (TPSA) is 260 Å². The Bertz CT molecular complexity index is 2290. The van der Waals surface area contributed by atoms with Crippen LogP contribution in [0.5, 0.6) is 0 Å². The summed E-state index contributed by atoms with van der Waals surface area (Å²) in [5.74, 6) is -3.56. The van der Waals surface area contributed by atoms with E-state index in [4.69, 9.17) is 37.9 Å². The van der Waals surface area contributed by atoms with Crippen LogP contribution in [-0.4, -0.2) is 141 Å². The number of carbonyl (C=O) groups excluding carboxylic acids is 5. The molecule has 18 nitrogen and oxygen atoms in total. The van der Waals surface area contributed by atoms with Crippen LogP contribution in [0.25, 0.3) is 0 Å². The molecule has 0 saturated carbocycles. The SMILES string of the molecule is CC1=C[C@@]2(C[C@H](C)[C@H]3CC=C(C)C(=O)[C@@H]3O2)OC1=O.CC1=C[C@@]2(C[C@H](C)[C@H]3CC=C(C)[C@@H](O[C@@H]4O[C@H](CO)[C@@H](O)[C@H](O)[C@H]4O)[C@@H]3O2)OC1=O.CC1=C[C@@]2(C[C@H](C)[C@H]3CC=C(CO)C(=O)[C@@H]3O2)OC1=O. The standard InChI is InChI=1S/C21H30O9.C15H18O5.C15H18O4/c1-9-4-5-12-10(2)6-21(7-11(3)19(26)30-21)29-18(12)17(9)28-20-16(25)15(24)14(23)13(8-22)27-20;1-8-5-15(6-9(2)14(18)20-15)19-13-11(8)4-3-10(7-16)12(13)17;1-8-4-5-11-9(2)6-15(18-13(11)12(8)16)7-10(3)14(17)19-15/h4,7,10,12-18,20,22-25H,5-6,8H2,1-3H3;3,6,8,11,13,16H,4-5,7H2,1-2H3;4,7,9,11,13H,5-6H2,1-3H3/t10-,12+,13+,14+,15-,16+,17+,18+,20-,21+;8-,11+,13+,15+;9-,11+,13+,15+/m000/s1. The van der Waals surface area contributed by atoms with Crippen molar-refractivity contribution in [2.24, 2.45) is 35.5 Å². The minimum atomic E-state index is -1.52. The fourth-order valence-corrected chi connectivity index (χ4v) is 11.6. The highest BCUT2D eigenvalue weighted by atomic mass is 16.8. The first-order valence-electron chi connectivity index (χ1n) is 24.0. The van der Waals surface area contributed by atoms with Crippen molar-refractivity contribution in [3.05, 3.63) is 69.9 Å². The summed E-state index contributed by atoms with van der Waals surface area (Å²) in [6, 6.07) is 0. The van der Waals surface area contributed by atoms with Gasteiger partial charge in [0.2, 0.25) is 17.4 Å². The van der Waals surface area contributed by atoms with Gasteiger partial charge in [0.05, 0.1) is 19.3 Å². The highest BCUT2D eigenvalue weighted by molar-refractivity contribution is 6.01. The second kappa shape index (κ2) is 19.4. The number of fused-ring (bicyclic) bond motifs is 3. The monoisotopic (exact) mass is 966 g/mol. The van der Waals surface area contributed by atoms with E-state index in [1.165, 1.54) is 0 Å². The summed E-state index contributed by atoms with van der Waals surface area (Å²) in [5, 5.41) is 49.1. The highest BCUT2D eigenvalue weighted by Crippen LogP contribution is 2.49. The number of hydrogen-bond acceptors (Lipinski definition) is 18. The maximum absolute atomic E-state index is 12.3. The van der Waals surface area contributed by atoms with Crippen LogP contribution < -0.4 is 0 Å². The molecule has 0 aromatic rings. The number of ketones is 2. The minimum Gasteiger partial charge on any atom is -0.426 e. The van der Waals surface area contributed by atoms with Crippen LogP contribution in [0.1, 0.15) is 93.9 Å². The molecule has 0 bridgehead atoms. The van der Waals surface area contributed by atoms with Gasteiger partial charge in [-0.05, 0) is 119 Å². The van der Waals surface area contributed by atoms with Gasteiger partial charge in [-0.2, -0.15) is 0 Å². The normalized spacial score (nSPS) is 44.4. The number of aliphatic hydroxyl groups is 5. The molecular weight excluding hydrogens is 901 g/mol. The maximum Gasteiger partial charge on any atom is 0.336 e. The molecule has 7 aliphatic heterocycles. The molecule has 10 aliphatic rings. The predicted molar refractivity (Wildman–Crippen MR) is 239 cm³/mol. The van der Waals surface area contributed by atoms with Crippen molar-refractivity contribution >= 4 is 29.5 Å². The van der Waals surface area contributed by atoms with Gasteiger partial charge in [0, 0.05) is 41.6 Å². The van der Waals surface area contributed by atoms with Crippen molar-refractivity contribution < 1.29 is 87.4 Å². The summed E-state index contributed by atoms with van der Waals surface area (Å²) in [5.41, 5.74) is 3.56. The number of Topliss-reactive ketones (excluding diaryl/α,β-unsaturated/α-hetero) is 2. The van der Waals surface area contributed by atoms with Crippen LogP contribution in [0.2, 0.25) is 0 Å². The largest absolute Gasteiger partial charge is 0.426 e. The van der Waals surface area contributed by atoms with Crippen molar-refractivity contribution in [3.8, 4) is 0 Å². The quantitative estimate of drug-likeness (QED) is 0.154. The molecule has 7 heterocycles. The Morgan fingerprint density at radius 1 is 0.580 bits per heavy atom. The lowest BCUT2D eigenvalue weighted by atomic mass is 9.73. The maximum atomic E-state index is 12.3. The van der Waals surface area contributed by atoms with Crippen molar-refractivity contribution in [1.82, 2.24) is 0 Å². The van der Waals surface area contributed by atoms with Crippen molar-refractivity contribution in [2.75, 3.05) is 13.2 Å². The zero-order chi connectivity index (χ0) is 50.1. The number of rotatable bonds is 4. The van der Waals surface area contributed by atoms with Crippen LogP contribution in [0.15, 0.2) is 69.9 Å². The zero-order valence-corrected chi connectivity index (χ0v) is 40.3. The van der Waals surface area contributed by atoms with Crippen LogP contribution >= 0.6 is 0 Å². The zero-order valence-electron chi connectivity index (χ0n) is 40.3. The lowest BCUT2D eigenvalue weighted by Gasteiger charge is -2.50. The third kappa shape index (κ3) is 9.66. The van der Waals surface area contributed by atoms with Crippen molar-refractivity contribution in [3.63, 3.8) is 0 Å². The number of carbonyl (C=O) groups is 5. The molecule has 0 unspecified atom stereocenters. The Labute approximate surface area is 400 Å². The molecule has 4 saturated heterocycles. The third-order valence-electron chi connectivity index (χ3n) is 15.6. The van der Waals surface area contributed by atoms with Gasteiger partial charge in [0.1, 0.15) is 42.7 Å². The van der Waals surface area contributed by atoms with Gasteiger partial charge >= 0.3 is 17.9 Å². The molecule has 10 rings (SSSR count). The average molecular weight is 967 g/mol. The van der Waals surface area contributed by atoms with E-state index < -0.39 is 91.0 Å². The third-order valence-corrected chi connectivity index (χ3v) is 15.6. The van der Waals surface area contributed by atoms with E-state index in [1.54, 1.807) is 45.1 Å². The smallest absolute Gasteiger partial charge is 0.336 e. The number of esters is 3. The van der Waals surface area contributed by atoms with Crippen LogP contribution in [0.3, 0.4) is 0 Å². The molecule has 0 aromatic carbocycles. The van der Waals surface area contributed by atoms with E-state index in [2.05, 4.69) is 19.9 Å². The van der Waals surface area contributed by atoms with Gasteiger partial charge < -0.3 is 63.4 Å². The predicted octanol–water partition coefficient (Wildman–Crippen LogP) is 3.03.